The maximum Gasteiger partial charge on any atom is 0.320 e. The number of nitrogens with one attached hydrogen (secondary N) is 2. The summed E-state index contributed by atoms with van der Waals surface area (Å²) >= 11 is 5.99. The molecule has 1 heterocycles. The number of rotatable bonds is 3. The van der Waals surface area contributed by atoms with Gasteiger partial charge in [-0.1, -0.05) is 41.9 Å². The molecule has 0 saturated heterocycles. The number of carbonyl (C=O) groups is 1. The van der Waals surface area contributed by atoms with E-state index in [0.29, 0.717) is 17.1 Å². The lowest BCUT2D eigenvalue weighted by Gasteiger charge is -2.15. The number of pyridine rings is 1. The molecular formula is C16H15ClN4O. The maximum atomic E-state index is 12.0. The second-order valence-electron chi connectivity index (χ2n) is 4.79. The van der Waals surface area contributed by atoms with Gasteiger partial charge in [0.25, 0.3) is 0 Å². The normalized spacial score (nSPS) is 11.4. The minimum Gasteiger partial charge on any atom is -0.331 e. The highest BCUT2D eigenvalue weighted by molar-refractivity contribution is 6.32. The Labute approximate surface area is 133 Å². The highest BCUT2D eigenvalue weighted by Crippen LogP contribution is 2.21. The lowest BCUT2D eigenvalue weighted by Crippen LogP contribution is -2.31. The van der Waals surface area contributed by atoms with Crippen molar-refractivity contribution >= 4 is 23.4 Å². The van der Waals surface area contributed by atoms with E-state index in [1.807, 2.05) is 43.3 Å². The number of amides is 2. The molecule has 5 nitrogen and oxygen atoms in total. The maximum absolute atomic E-state index is 12.0. The first-order valence-electron chi connectivity index (χ1n) is 6.71. The molecule has 1 aromatic carbocycles. The van der Waals surface area contributed by atoms with Crippen LogP contribution in [0.25, 0.3) is 0 Å². The summed E-state index contributed by atoms with van der Waals surface area (Å²) in [5, 5.41) is 14.6. The summed E-state index contributed by atoms with van der Waals surface area (Å²) in [7, 11) is 0. The Bertz CT molecular complexity index is 702. The number of anilines is 1. The molecule has 2 aromatic rings. The lowest BCUT2D eigenvalue weighted by atomic mass is 10.1. The zero-order chi connectivity index (χ0) is 16.1. The Balaban J connectivity index is 2.05. The van der Waals surface area contributed by atoms with Crippen LogP contribution in [-0.2, 0) is 0 Å². The lowest BCUT2D eigenvalue weighted by molar-refractivity contribution is 0.249. The Morgan fingerprint density at radius 2 is 2.05 bits per heavy atom. The molecule has 1 aromatic heterocycles. The molecule has 0 aliphatic carbocycles. The molecule has 0 saturated carbocycles. The number of urea groups is 1. The molecule has 1 atom stereocenters. The molecule has 2 N–H and O–H groups in total. The van der Waals surface area contributed by atoms with E-state index in [1.54, 1.807) is 6.92 Å². The second-order valence-corrected chi connectivity index (χ2v) is 5.20. The number of aryl methyl sites for hydroxylation is 1. The van der Waals surface area contributed by atoms with Gasteiger partial charge in [-0.2, -0.15) is 5.26 Å². The summed E-state index contributed by atoms with van der Waals surface area (Å²) in [6, 6.07) is 12.5. The average Bonchev–Trinajstić information content (AvgIpc) is 2.47. The largest absolute Gasteiger partial charge is 0.331 e. The number of aromatic nitrogens is 1. The van der Waals surface area contributed by atoms with E-state index in [0.717, 1.165) is 5.56 Å². The minimum atomic E-state index is -0.385. The molecule has 1 unspecified atom stereocenters. The van der Waals surface area contributed by atoms with Gasteiger partial charge >= 0.3 is 6.03 Å². The van der Waals surface area contributed by atoms with E-state index in [9.17, 15) is 4.79 Å². The molecule has 0 aliphatic rings. The van der Waals surface area contributed by atoms with Gasteiger partial charge < -0.3 is 5.32 Å². The van der Waals surface area contributed by atoms with Crippen molar-refractivity contribution < 1.29 is 4.79 Å². The molecule has 0 spiro atoms. The van der Waals surface area contributed by atoms with Crippen molar-refractivity contribution in [3.63, 3.8) is 0 Å². The fourth-order valence-electron chi connectivity index (χ4n) is 2.01. The summed E-state index contributed by atoms with van der Waals surface area (Å²) < 4.78 is 0. The SMILES string of the molecule is Cc1nc(NC(=O)NC(C)c2ccccc2)cc(Cl)c1C#N. The van der Waals surface area contributed by atoms with E-state index in [-0.39, 0.29) is 17.1 Å². The Hall–Kier alpha value is -2.58. The molecule has 0 bridgehead atoms. The van der Waals surface area contributed by atoms with Gasteiger partial charge in [0.2, 0.25) is 0 Å². The first-order valence-corrected chi connectivity index (χ1v) is 7.08. The van der Waals surface area contributed by atoms with Crippen molar-refractivity contribution in [3.8, 4) is 6.07 Å². The third kappa shape index (κ3) is 3.74. The molecule has 0 radical (unpaired) electrons. The average molecular weight is 315 g/mol. The molecule has 2 rings (SSSR count). The van der Waals surface area contributed by atoms with Crippen molar-refractivity contribution in [1.29, 1.82) is 5.26 Å². The van der Waals surface area contributed by atoms with Crippen LogP contribution in [0.4, 0.5) is 10.6 Å². The van der Waals surface area contributed by atoms with Gasteiger partial charge in [0.1, 0.15) is 11.9 Å². The first kappa shape index (κ1) is 15.8. The zero-order valence-corrected chi connectivity index (χ0v) is 13.0. The van der Waals surface area contributed by atoms with Gasteiger partial charge in [0, 0.05) is 6.07 Å². The van der Waals surface area contributed by atoms with Crippen LogP contribution < -0.4 is 10.6 Å². The predicted octanol–water partition coefficient (Wildman–Crippen LogP) is 3.80. The van der Waals surface area contributed by atoms with Gasteiger partial charge in [0.05, 0.1) is 22.3 Å². The fourth-order valence-corrected chi connectivity index (χ4v) is 2.29. The van der Waals surface area contributed by atoms with Crippen LogP contribution in [0.5, 0.6) is 0 Å². The van der Waals surface area contributed by atoms with Crippen LogP contribution in [0, 0.1) is 18.3 Å². The highest BCUT2D eigenvalue weighted by Gasteiger charge is 2.12. The van der Waals surface area contributed by atoms with Crippen molar-refractivity contribution in [2.24, 2.45) is 0 Å². The van der Waals surface area contributed by atoms with E-state index in [2.05, 4.69) is 15.6 Å². The van der Waals surface area contributed by atoms with Gasteiger partial charge in [-0.25, -0.2) is 9.78 Å². The number of nitriles is 1. The Kier molecular flexibility index (Phi) is 4.97. The van der Waals surface area contributed by atoms with E-state index >= 15 is 0 Å². The first-order chi connectivity index (χ1) is 10.5. The smallest absolute Gasteiger partial charge is 0.320 e. The fraction of sp³-hybridized carbons (Fsp3) is 0.188. The summed E-state index contributed by atoms with van der Waals surface area (Å²) in [5.74, 6) is 0.305. The van der Waals surface area contributed by atoms with Crippen LogP contribution in [0.15, 0.2) is 36.4 Å². The van der Waals surface area contributed by atoms with Crippen molar-refractivity contribution in [2.75, 3.05) is 5.32 Å². The van der Waals surface area contributed by atoms with Gasteiger partial charge in [-0.3, -0.25) is 5.32 Å². The predicted molar refractivity (Wildman–Crippen MR) is 85.7 cm³/mol. The molecule has 2 amide bonds. The number of hydrogen-bond acceptors (Lipinski definition) is 3. The quantitative estimate of drug-likeness (QED) is 0.904. The number of carbonyl (C=O) groups excluding carboxylic acids is 1. The topological polar surface area (TPSA) is 77.8 Å². The minimum absolute atomic E-state index is 0.142. The summed E-state index contributed by atoms with van der Waals surface area (Å²) in [6.45, 7) is 3.56. The molecule has 6 heteroatoms. The Morgan fingerprint density at radius 3 is 2.64 bits per heavy atom. The van der Waals surface area contributed by atoms with Gasteiger partial charge in [-0.05, 0) is 19.4 Å². The summed E-state index contributed by atoms with van der Waals surface area (Å²) in [6.07, 6.45) is 0. The van der Waals surface area contributed by atoms with E-state index in [4.69, 9.17) is 16.9 Å². The summed E-state index contributed by atoms with van der Waals surface area (Å²) in [4.78, 5) is 16.1. The molecule has 112 valence electrons. The second kappa shape index (κ2) is 6.92. The Morgan fingerprint density at radius 1 is 1.36 bits per heavy atom. The third-order valence-corrected chi connectivity index (χ3v) is 3.45. The zero-order valence-electron chi connectivity index (χ0n) is 12.2. The third-order valence-electron chi connectivity index (χ3n) is 3.15. The van der Waals surface area contributed by atoms with Crippen LogP contribution in [0.2, 0.25) is 5.02 Å². The standard InChI is InChI=1S/C16H15ClN4O/c1-10(12-6-4-3-5-7-12)20-16(22)21-15-8-14(17)13(9-18)11(2)19-15/h3-8,10H,1-2H3,(H2,19,20,21,22). The van der Waals surface area contributed by atoms with Crippen LogP contribution in [0.3, 0.4) is 0 Å². The van der Waals surface area contributed by atoms with Crippen molar-refractivity contribution in [3.05, 3.63) is 58.2 Å². The monoisotopic (exact) mass is 314 g/mol. The molecule has 22 heavy (non-hydrogen) atoms. The van der Waals surface area contributed by atoms with Gasteiger partial charge in [-0.15, -0.1) is 0 Å². The molecule has 0 fully saturated rings. The van der Waals surface area contributed by atoms with Crippen LogP contribution in [-0.4, -0.2) is 11.0 Å². The van der Waals surface area contributed by atoms with Crippen molar-refractivity contribution in [2.45, 2.75) is 19.9 Å². The number of nitrogens with zero attached hydrogens (tertiary/aromatic N) is 2. The number of halogens is 1. The van der Waals surface area contributed by atoms with Crippen molar-refractivity contribution in [1.82, 2.24) is 10.3 Å². The van der Waals surface area contributed by atoms with E-state index < -0.39 is 0 Å². The number of hydrogen-bond donors (Lipinski definition) is 2. The highest BCUT2D eigenvalue weighted by atomic mass is 35.5. The van der Waals surface area contributed by atoms with Crippen LogP contribution >= 0.6 is 11.6 Å². The van der Waals surface area contributed by atoms with Gasteiger partial charge in [0.15, 0.2) is 0 Å². The molecular weight excluding hydrogens is 300 g/mol. The van der Waals surface area contributed by atoms with E-state index in [1.165, 1.54) is 6.07 Å². The van der Waals surface area contributed by atoms with Crippen LogP contribution in [0.1, 0.15) is 29.8 Å². The number of benzene rings is 1. The molecule has 0 aliphatic heterocycles. The summed E-state index contributed by atoms with van der Waals surface area (Å²) in [5.41, 5.74) is 1.78.